The first-order valence-electron chi connectivity index (χ1n) is 22.0. The summed E-state index contributed by atoms with van der Waals surface area (Å²) in [5.41, 5.74) is 13.3. The van der Waals surface area contributed by atoms with Crippen molar-refractivity contribution in [3.05, 3.63) is 230 Å². The van der Waals surface area contributed by atoms with Crippen molar-refractivity contribution in [2.45, 2.75) is 0 Å². The van der Waals surface area contributed by atoms with Crippen molar-refractivity contribution in [3.8, 4) is 79.3 Å². The molecule has 0 saturated heterocycles. The largest absolute Gasteiger partial charge is 0.227 e. The maximum Gasteiger partial charge on any atom is 0.160 e. The second-order valence-corrected chi connectivity index (χ2v) is 16.7. The monoisotopic (exact) mass is 836 g/mol. The van der Waals surface area contributed by atoms with Crippen LogP contribution in [0, 0.1) is 22.7 Å². The van der Waals surface area contributed by atoms with Crippen LogP contribution in [-0.2, 0) is 0 Å². The van der Waals surface area contributed by atoms with Crippen LogP contribution in [0.1, 0.15) is 11.1 Å². The van der Waals surface area contributed by atoms with Crippen molar-refractivity contribution >= 4 is 54.0 Å². The molecule has 0 aliphatic heterocycles. The van der Waals surface area contributed by atoms with E-state index in [9.17, 15) is 10.5 Å². The number of aromatic nitrogens is 2. The molecule has 0 radical (unpaired) electrons. The van der Waals surface area contributed by atoms with Crippen molar-refractivity contribution in [2.75, 3.05) is 0 Å². The van der Waals surface area contributed by atoms with Gasteiger partial charge in [-0.1, -0.05) is 170 Å². The lowest BCUT2D eigenvalue weighted by molar-refractivity contribution is 1.23. The molecule has 0 saturated carbocycles. The Kier molecular flexibility index (Phi) is 9.23. The number of fused-ring (bicyclic) bond motifs is 7. The van der Waals surface area contributed by atoms with E-state index in [0.29, 0.717) is 17.0 Å². The molecule has 304 valence electrons. The van der Waals surface area contributed by atoms with Gasteiger partial charge in [-0.3, -0.25) is 0 Å². The van der Waals surface area contributed by atoms with E-state index in [2.05, 4.69) is 182 Å². The highest BCUT2D eigenvalue weighted by atomic mass is 14.9. The van der Waals surface area contributed by atoms with Gasteiger partial charge < -0.3 is 0 Å². The Morgan fingerprint density at radius 3 is 1.21 bits per heavy atom. The van der Waals surface area contributed by atoms with Gasteiger partial charge in [-0.15, -0.1) is 0 Å². The van der Waals surface area contributed by atoms with Crippen LogP contribution < -0.4 is 0 Å². The molecule has 12 aromatic rings. The molecule has 0 fully saturated rings. The molecule has 1 heterocycles. The highest BCUT2D eigenvalue weighted by Gasteiger charge is 2.21. The van der Waals surface area contributed by atoms with Gasteiger partial charge in [-0.2, -0.15) is 10.5 Å². The molecule has 0 aliphatic rings. The summed E-state index contributed by atoms with van der Waals surface area (Å²) in [4.78, 5) is 11.1. The third-order valence-electron chi connectivity index (χ3n) is 12.9. The van der Waals surface area contributed by atoms with Gasteiger partial charge in [-0.25, -0.2) is 9.97 Å². The first-order chi connectivity index (χ1) is 32.6. The minimum absolute atomic E-state index is 0.621. The first kappa shape index (κ1) is 38.5. The molecule has 0 spiro atoms. The lowest BCUT2D eigenvalue weighted by atomic mass is 9.87. The number of nitriles is 2. The van der Waals surface area contributed by atoms with Crippen molar-refractivity contribution < 1.29 is 0 Å². The zero-order chi connectivity index (χ0) is 44.1. The summed E-state index contributed by atoms with van der Waals surface area (Å²) in [6, 6.07) is 80.7. The number of rotatable bonds is 6. The van der Waals surface area contributed by atoms with E-state index >= 15 is 0 Å². The SMILES string of the molecule is N#Cc1ccc(-c2ccc(-c3nc(-c4ccc(-c5ccc(C#N)cc5)cc4)c4cc(-c5cc6ccccc6c6ccccc56)cc(-c5cc6ccccc6c6ccccc56)c4n3)cc2)cc1. The Morgan fingerprint density at radius 2 is 0.697 bits per heavy atom. The highest BCUT2D eigenvalue weighted by Crippen LogP contribution is 2.45. The summed E-state index contributed by atoms with van der Waals surface area (Å²) in [5.74, 6) is 0.621. The van der Waals surface area contributed by atoms with Crippen molar-refractivity contribution in [1.29, 1.82) is 10.5 Å². The van der Waals surface area contributed by atoms with E-state index in [1.807, 2.05) is 48.5 Å². The molecule has 0 N–H and O–H groups in total. The third-order valence-corrected chi connectivity index (χ3v) is 12.9. The average Bonchev–Trinajstić information content (AvgIpc) is 3.40. The van der Waals surface area contributed by atoms with E-state index in [-0.39, 0.29) is 0 Å². The van der Waals surface area contributed by atoms with Crippen LogP contribution in [0.4, 0.5) is 0 Å². The Labute approximate surface area is 381 Å². The smallest absolute Gasteiger partial charge is 0.160 e. The molecular formula is C62H36N4. The van der Waals surface area contributed by atoms with E-state index in [0.717, 1.165) is 83.0 Å². The summed E-state index contributed by atoms with van der Waals surface area (Å²) < 4.78 is 0. The molecule has 0 amide bonds. The van der Waals surface area contributed by atoms with E-state index in [1.165, 1.54) is 32.3 Å². The molecule has 4 nitrogen and oxygen atoms in total. The fourth-order valence-corrected chi connectivity index (χ4v) is 9.62. The zero-order valence-corrected chi connectivity index (χ0v) is 35.6. The Bertz CT molecular complexity index is 3970. The normalized spacial score (nSPS) is 11.3. The summed E-state index contributed by atoms with van der Waals surface area (Å²) >= 11 is 0. The molecule has 0 bridgehead atoms. The van der Waals surface area contributed by atoms with Gasteiger partial charge in [0.25, 0.3) is 0 Å². The fraction of sp³-hybridized carbons (Fsp3) is 0. The van der Waals surface area contributed by atoms with Crippen molar-refractivity contribution in [3.63, 3.8) is 0 Å². The van der Waals surface area contributed by atoms with Gasteiger partial charge in [0.15, 0.2) is 5.82 Å². The van der Waals surface area contributed by atoms with Crippen molar-refractivity contribution in [2.24, 2.45) is 0 Å². The summed E-state index contributed by atoms with van der Waals surface area (Å²) in [6.07, 6.45) is 0. The van der Waals surface area contributed by atoms with Crippen LogP contribution in [0.5, 0.6) is 0 Å². The predicted octanol–water partition coefficient (Wildman–Crippen LogP) is 16.0. The van der Waals surface area contributed by atoms with Crippen LogP contribution in [0.2, 0.25) is 0 Å². The Balaban J connectivity index is 1.16. The second kappa shape index (κ2) is 15.8. The third kappa shape index (κ3) is 6.61. The molecule has 1 aromatic heterocycles. The van der Waals surface area contributed by atoms with Crippen LogP contribution in [0.15, 0.2) is 218 Å². The summed E-state index contributed by atoms with van der Waals surface area (Å²) in [6.45, 7) is 0. The second-order valence-electron chi connectivity index (χ2n) is 16.7. The van der Waals surface area contributed by atoms with Gasteiger partial charge in [0.05, 0.1) is 34.5 Å². The summed E-state index contributed by atoms with van der Waals surface area (Å²) in [7, 11) is 0. The molecular weight excluding hydrogens is 801 g/mol. The first-order valence-corrected chi connectivity index (χ1v) is 22.0. The van der Waals surface area contributed by atoms with Crippen molar-refractivity contribution in [1.82, 2.24) is 9.97 Å². The standard InChI is InChI=1S/C62H36N4/c63-37-39-17-21-41(22-18-39)43-25-29-45(30-26-43)60-59-36-49(56-33-47-9-1-3-11-50(47)52-13-5-7-15-54(52)56)35-58(57-34-48-10-2-4-12-51(48)53-14-6-8-16-55(53)57)61(59)66-62(65-60)46-31-27-44(28-32-46)42-23-19-40(38-64)20-24-42/h1-36H. The lowest BCUT2D eigenvalue weighted by Crippen LogP contribution is -1.99. The quantitative estimate of drug-likeness (QED) is 0.156. The van der Waals surface area contributed by atoms with E-state index in [4.69, 9.17) is 9.97 Å². The minimum atomic E-state index is 0.621. The van der Waals surface area contributed by atoms with E-state index < -0.39 is 0 Å². The Hall–Kier alpha value is -9.22. The predicted molar refractivity (Wildman–Crippen MR) is 272 cm³/mol. The fourth-order valence-electron chi connectivity index (χ4n) is 9.62. The maximum absolute atomic E-state index is 9.45. The molecule has 0 unspecified atom stereocenters. The van der Waals surface area contributed by atoms with Gasteiger partial charge in [0, 0.05) is 22.1 Å². The molecule has 12 rings (SSSR count). The van der Waals surface area contributed by atoms with Gasteiger partial charge >= 0.3 is 0 Å². The zero-order valence-electron chi connectivity index (χ0n) is 35.6. The number of hydrogen-bond donors (Lipinski definition) is 0. The molecule has 4 heteroatoms. The average molecular weight is 837 g/mol. The number of hydrogen-bond acceptors (Lipinski definition) is 4. The maximum atomic E-state index is 9.45. The number of nitrogens with zero attached hydrogens (tertiary/aromatic N) is 4. The van der Waals surface area contributed by atoms with Crippen LogP contribution in [0.3, 0.4) is 0 Å². The van der Waals surface area contributed by atoms with Crippen LogP contribution in [0.25, 0.3) is 121 Å². The molecule has 0 atom stereocenters. The Morgan fingerprint density at radius 1 is 0.288 bits per heavy atom. The van der Waals surface area contributed by atoms with Gasteiger partial charge in [0.1, 0.15) is 0 Å². The van der Waals surface area contributed by atoms with Crippen LogP contribution in [-0.4, -0.2) is 9.97 Å². The lowest BCUT2D eigenvalue weighted by Gasteiger charge is -2.18. The molecule has 66 heavy (non-hydrogen) atoms. The topological polar surface area (TPSA) is 73.4 Å². The molecule has 0 aliphatic carbocycles. The summed E-state index contributed by atoms with van der Waals surface area (Å²) in [5, 5.41) is 29.3. The van der Waals surface area contributed by atoms with E-state index in [1.54, 1.807) is 0 Å². The van der Waals surface area contributed by atoms with Gasteiger partial charge in [0.2, 0.25) is 0 Å². The number of benzene rings is 11. The minimum Gasteiger partial charge on any atom is -0.227 e. The van der Waals surface area contributed by atoms with Gasteiger partial charge in [-0.05, 0) is 131 Å². The van der Waals surface area contributed by atoms with Crippen LogP contribution >= 0.6 is 0 Å². The molecule has 11 aromatic carbocycles. The highest BCUT2D eigenvalue weighted by molar-refractivity contribution is 6.19.